The van der Waals surface area contributed by atoms with Gasteiger partial charge in [0.2, 0.25) is 5.95 Å². The molecule has 1 aliphatic carbocycles. The fourth-order valence-corrected chi connectivity index (χ4v) is 6.11. The van der Waals surface area contributed by atoms with E-state index in [2.05, 4.69) is 38.7 Å². The van der Waals surface area contributed by atoms with Crippen LogP contribution >= 0.6 is 23.4 Å². The van der Waals surface area contributed by atoms with Crippen LogP contribution in [0.2, 0.25) is 5.02 Å². The quantitative estimate of drug-likeness (QED) is 0.513. The molecule has 0 unspecified atom stereocenters. The largest absolute Gasteiger partial charge is 0.382 e. The number of hydrogen-bond acceptors (Lipinski definition) is 9. The summed E-state index contributed by atoms with van der Waals surface area (Å²) in [6.07, 6.45) is 11.9. The minimum absolute atomic E-state index is 0.0540. The molecular weight excluding hydrogens is 470 g/mol. The van der Waals surface area contributed by atoms with E-state index in [4.69, 9.17) is 28.1 Å². The van der Waals surface area contributed by atoms with Crippen LogP contribution < -0.4 is 16.4 Å². The summed E-state index contributed by atoms with van der Waals surface area (Å²) in [5, 5.41) is 8.91. The molecule has 4 heterocycles. The van der Waals surface area contributed by atoms with Gasteiger partial charge >= 0.3 is 0 Å². The van der Waals surface area contributed by atoms with Gasteiger partial charge in [0.25, 0.3) is 0 Å². The Hall–Kier alpha value is -2.95. The lowest BCUT2D eigenvalue weighted by Crippen LogP contribution is -2.48. The number of hydrogen-bond donors (Lipinski definition) is 2. The van der Waals surface area contributed by atoms with Crippen LogP contribution in [0.5, 0.6) is 0 Å². The summed E-state index contributed by atoms with van der Waals surface area (Å²) in [4.78, 5) is 16.6. The van der Waals surface area contributed by atoms with Crippen molar-refractivity contribution in [3.05, 3.63) is 53.2 Å². The first-order chi connectivity index (χ1) is 16.4. The van der Waals surface area contributed by atoms with Crippen LogP contribution in [0.4, 0.5) is 11.8 Å². The molecule has 2 aliphatic rings. The van der Waals surface area contributed by atoms with E-state index >= 15 is 0 Å². The number of pyridine rings is 1. The molecule has 34 heavy (non-hydrogen) atoms. The number of fused-ring (bicyclic) bond motifs is 1. The van der Waals surface area contributed by atoms with Gasteiger partial charge in [0.15, 0.2) is 5.65 Å². The van der Waals surface area contributed by atoms with E-state index in [1.165, 1.54) is 22.9 Å². The van der Waals surface area contributed by atoms with Crippen LogP contribution in [0.3, 0.4) is 0 Å². The maximum Gasteiger partial charge on any atom is 0.212 e. The Bertz CT molecular complexity index is 1310. The molecule has 3 aromatic heterocycles. The number of nitrogens with zero attached hydrogens (tertiary/aromatic N) is 7. The molecule has 4 N–H and O–H groups in total. The Morgan fingerprint density at radius 3 is 2.85 bits per heavy atom. The number of halogens is 1. The Morgan fingerprint density at radius 2 is 2.09 bits per heavy atom. The third-order valence-corrected chi connectivity index (χ3v) is 8.56. The Morgan fingerprint density at radius 1 is 1.29 bits per heavy atom. The van der Waals surface area contributed by atoms with Gasteiger partial charge in [-0.1, -0.05) is 28.9 Å². The van der Waals surface area contributed by atoms with Crippen molar-refractivity contribution in [1.29, 1.82) is 0 Å². The van der Waals surface area contributed by atoms with Crippen molar-refractivity contribution in [3.8, 4) is 0 Å². The second kappa shape index (κ2) is 9.01. The zero-order valence-corrected chi connectivity index (χ0v) is 20.4. The van der Waals surface area contributed by atoms with E-state index < -0.39 is 0 Å². The van der Waals surface area contributed by atoms with E-state index in [9.17, 15) is 0 Å². The van der Waals surface area contributed by atoms with Gasteiger partial charge in [-0.15, -0.1) is 10.2 Å². The van der Waals surface area contributed by atoms with Gasteiger partial charge < -0.3 is 16.4 Å². The van der Waals surface area contributed by atoms with Gasteiger partial charge in [0, 0.05) is 42.6 Å². The van der Waals surface area contributed by atoms with Crippen LogP contribution in [-0.2, 0) is 0 Å². The monoisotopic (exact) mass is 495 g/mol. The Balaban J connectivity index is 1.36. The third-order valence-electron chi connectivity index (χ3n) is 6.98. The number of anilines is 2. The number of aromatic nitrogens is 5. The highest BCUT2D eigenvalue weighted by molar-refractivity contribution is 7.99. The summed E-state index contributed by atoms with van der Waals surface area (Å²) in [5.74, 6) is 1.12. The van der Waals surface area contributed by atoms with Gasteiger partial charge in [-0.25, -0.2) is 14.4 Å². The van der Waals surface area contributed by atoms with Gasteiger partial charge in [-0.05, 0) is 56.0 Å². The molecule has 1 atom stereocenters. The number of nitrogen functional groups attached to an aromatic ring is 1. The van der Waals surface area contributed by atoms with E-state index in [1.807, 2.05) is 22.7 Å². The summed E-state index contributed by atoms with van der Waals surface area (Å²) in [6, 6.07) is 1.88. The molecule has 0 bridgehead atoms. The van der Waals surface area contributed by atoms with Crippen molar-refractivity contribution in [1.82, 2.24) is 24.6 Å². The highest BCUT2D eigenvalue weighted by atomic mass is 35.5. The topological polar surface area (TPSA) is 124 Å². The highest BCUT2D eigenvalue weighted by Crippen LogP contribution is 2.49. The van der Waals surface area contributed by atoms with Crippen molar-refractivity contribution in [3.63, 3.8) is 0 Å². The summed E-state index contributed by atoms with van der Waals surface area (Å²) >= 11 is 7.78. The van der Waals surface area contributed by atoms with E-state index in [-0.39, 0.29) is 11.5 Å². The summed E-state index contributed by atoms with van der Waals surface area (Å²) in [6.45, 7) is 7.39. The van der Waals surface area contributed by atoms with Crippen LogP contribution in [0, 0.1) is 5.41 Å². The molecule has 0 radical (unpaired) electrons. The van der Waals surface area contributed by atoms with Crippen LogP contribution in [-0.4, -0.2) is 50.4 Å². The molecule has 1 spiro atoms. The van der Waals surface area contributed by atoms with Gasteiger partial charge in [0.1, 0.15) is 12.1 Å². The summed E-state index contributed by atoms with van der Waals surface area (Å²) in [7, 11) is 0. The third kappa shape index (κ3) is 3.85. The molecule has 1 aliphatic heterocycles. The van der Waals surface area contributed by atoms with E-state index in [0.29, 0.717) is 10.8 Å². The standard InChI is InChI=1S/C23H26ClN9S/c1-14-15(3-7-27-2)11-23(19(14)25)5-9-32(10-6-23)22-29-12-17(21-31-30-13-33(21)22)34-16-4-8-28-20(26)18(16)24/h3-4,7-8,12-13,19H,2,5-6,9-11,25H2,1H3,(H2,26,28)/b7-3-/t19-/m1/s1. The molecule has 0 amide bonds. The molecule has 3 aromatic rings. The minimum Gasteiger partial charge on any atom is -0.382 e. The van der Waals surface area contributed by atoms with E-state index in [0.717, 1.165) is 53.7 Å². The fourth-order valence-electron chi connectivity index (χ4n) is 4.99. The van der Waals surface area contributed by atoms with E-state index in [1.54, 1.807) is 18.7 Å². The average Bonchev–Trinajstić information content (AvgIpc) is 3.42. The molecule has 5 rings (SSSR count). The zero-order valence-electron chi connectivity index (χ0n) is 18.9. The molecule has 11 heteroatoms. The molecule has 176 valence electrons. The predicted octanol–water partition coefficient (Wildman–Crippen LogP) is 3.75. The fraction of sp³-hybridized carbons (Fsp3) is 0.348. The first kappa shape index (κ1) is 22.8. The Labute approximate surface area is 207 Å². The maximum atomic E-state index is 6.70. The summed E-state index contributed by atoms with van der Waals surface area (Å²) in [5.41, 5.74) is 15.9. The van der Waals surface area contributed by atoms with Crippen LogP contribution in [0.1, 0.15) is 26.2 Å². The molecular formula is C23H26ClN9S. The zero-order chi connectivity index (χ0) is 23.9. The number of piperidine rings is 1. The van der Waals surface area contributed by atoms with Crippen molar-refractivity contribution >= 4 is 47.5 Å². The average molecular weight is 496 g/mol. The number of aliphatic imine (C=N–C) groups is 1. The highest BCUT2D eigenvalue weighted by Gasteiger charge is 2.45. The first-order valence-electron chi connectivity index (χ1n) is 11.0. The molecule has 9 nitrogen and oxygen atoms in total. The van der Waals surface area contributed by atoms with Crippen molar-refractivity contribution in [2.24, 2.45) is 16.1 Å². The van der Waals surface area contributed by atoms with Crippen LogP contribution in [0.25, 0.3) is 5.65 Å². The number of allylic oxidation sites excluding steroid dienone is 2. The van der Waals surface area contributed by atoms with Crippen molar-refractivity contribution < 1.29 is 0 Å². The van der Waals surface area contributed by atoms with Gasteiger partial charge in [0.05, 0.1) is 9.92 Å². The predicted molar refractivity (Wildman–Crippen MR) is 136 cm³/mol. The van der Waals surface area contributed by atoms with Crippen LogP contribution in [0.15, 0.2) is 63.0 Å². The number of nitrogens with two attached hydrogens (primary N) is 2. The van der Waals surface area contributed by atoms with Gasteiger partial charge in [-0.2, -0.15) is 0 Å². The lowest BCUT2D eigenvalue weighted by molar-refractivity contribution is 0.203. The Kier molecular flexibility index (Phi) is 6.05. The molecule has 0 aromatic carbocycles. The second-order valence-corrected chi connectivity index (χ2v) is 10.2. The van der Waals surface area contributed by atoms with Crippen molar-refractivity contribution in [2.45, 2.75) is 42.0 Å². The molecule has 1 fully saturated rings. The summed E-state index contributed by atoms with van der Waals surface area (Å²) < 4.78 is 1.93. The second-order valence-electron chi connectivity index (χ2n) is 8.77. The SMILES string of the molecule is C=N/C=C\C1=C(C)[C@@H](N)C2(CCN(c3ncc(Sc4ccnc(N)c4Cl)c4nncn34)CC2)C1. The lowest BCUT2D eigenvalue weighted by Gasteiger charge is -2.43. The minimum atomic E-state index is 0.0540. The molecule has 0 saturated carbocycles. The molecule has 1 saturated heterocycles. The first-order valence-corrected chi connectivity index (χ1v) is 12.2. The van der Waals surface area contributed by atoms with Crippen molar-refractivity contribution in [2.75, 3.05) is 23.7 Å². The normalized spacial score (nSPS) is 20.2. The number of rotatable bonds is 5. The smallest absolute Gasteiger partial charge is 0.212 e. The van der Waals surface area contributed by atoms with Gasteiger partial charge in [-0.3, -0.25) is 4.99 Å². The lowest BCUT2D eigenvalue weighted by atomic mass is 9.72. The maximum absolute atomic E-state index is 6.70.